The first kappa shape index (κ1) is 20.3. The fourth-order valence-electron chi connectivity index (χ4n) is 3.80. The maximum atomic E-state index is 13.2. The lowest BCUT2D eigenvalue weighted by Gasteiger charge is -2.33. The van der Waals surface area contributed by atoms with Gasteiger partial charge in [0.25, 0.3) is 5.91 Å². The van der Waals surface area contributed by atoms with Crippen molar-refractivity contribution in [1.82, 2.24) is 20.2 Å². The van der Waals surface area contributed by atoms with Crippen LogP contribution in [0.25, 0.3) is 0 Å². The van der Waals surface area contributed by atoms with E-state index in [4.69, 9.17) is 13.8 Å². The van der Waals surface area contributed by atoms with Gasteiger partial charge in [-0.15, -0.1) is 0 Å². The Kier molecular flexibility index (Phi) is 6.23. The smallest absolute Gasteiger partial charge is 0.260 e. The normalized spacial score (nSPS) is 16.7. The van der Waals surface area contributed by atoms with Gasteiger partial charge in [-0.1, -0.05) is 40.6 Å². The molecule has 1 saturated heterocycles. The van der Waals surface area contributed by atoms with Crippen molar-refractivity contribution in [3.63, 3.8) is 0 Å². The summed E-state index contributed by atoms with van der Waals surface area (Å²) in [4.78, 5) is 19.5. The predicted molar refractivity (Wildman–Crippen MR) is 108 cm³/mol. The summed E-state index contributed by atoms with van der Waals surface area (Å²) in [5.74, 6) is 1.51. The van der Waals surface area contributed by atoms with Crippen molar-refractivity contribution >= 4 is 5.91 Å². The molecule has 30 heavy (non-hydrogen) atoms. The van der Waals surface area contributed by atoms with E-state index in [0.29, 0.717) is 54.9 Å². The second-order valence-corrected chi connectivity index (χ2v) is 7.55. The molecule has 4 rings (SSSR count). The van der Waals surface area contributed by atoms with Crippen LogP contribution in [0.4, 0.5) is 0 Å². The molecule has 158 valence electrons. The Morgan fingerprint density at radius 2 is 2.00 bits per heavy atom. The summed E-state index contributed by atoms with van der Waals surface area (Å²) in [7, 11) is 0. The first-order valence-electron chi connectivity index (χ1n) is 10.3. The summed E-state index contributed by atoms with van der Waals surface area (Å²) in [6.07, 6.45) is 3.30. The van der Waals surface area contributed by atoms with Gasteiger partial charge in [0, 0.05) is 13.0 Å². The van der Waals surface area contributed by atoms with Crippen molar-refractivity contribution in [2.75, 3.05) is 13.2 Å². The van der Waals surface area contributed by atoms with E-state index in [1.165, 1.54) is 0 Å². The highest BCUT2D eigenvalue weighted by atomic mass is 16.5. The summed E-state index contributed by atoms with van der Waals surface area (Å²) in [6, 6.07) is 9.79. The van der Waals surface area contributed by atoms with E-state index in [1.54, 1.807) is 18.7 Å². The standard InChI is InChI=1S/C22H26N4O4/c1-15-20(16(2)29-24-15)22(27)26-12-7-6-10-18(26)21-23-19(25-30-21)11-13-28-14-17-8-4-3-5-9-17/h3-5,8-9,18H,6-7,10-14H2,1-2H3. The zero-order chi connectivity index (χ0) is 20.9. The molecule has 3 aromatic rings. The summed E-state index contributed by atoms with van der Waals surface area (Å²) in [5, 5.41) is 8.00. The van der Waals surface area contributed by atoms with Gasteiger partial charge in [0.05, 0.1) is 18.9 Å². The quantitative estimate of drug-likeness (QED) is 0.547. The third-order valence-electron chi connectivity index (χ3n) is 5.36. The number of aryl methyl sites for hydroxylation is 2. The molecule has 0 saturated carbocycles. The number of hydrogen-bond acceptors (Lipinski definition) is 7. The highest BCUT2D eigenvalue weighted by molar-refractivity contribution is 5.96. The second kappa shape index (κ2) is 9.21. The summed E-state index contributed by atoms with van der Waals surface area (Å²) in [6.45, 7) is 5.23. The molecule has 0 spiro atoms. The van der Waals surface area contributed by atoms with E-state index in [-0.39, 0.29) is 11.9 Å². The van der Waals surface area contributed by atoms with Crippen LogP contribution in [-0.2, 0) is 17.8 Å². The Labute approximate surface area is 175 Å². The van der Waals surface area contributed by atoms with Crippen LogP contribution in [0.3, 0.4) is 0 Å². The Morgan fingerprint density at radius 3 is 2.77 bits per heavy atom. The van der Waals surface area contributed by atoms with Crippen LogP contribution in [0.15, 0.2) is 39.4 Å². The van der Waals surface area contributed by atoms with Crippen LogP contribution in [-0.4, -0.2) is 39.3 Å². The fraction of sp³-hybridized carbons (Fsp3) is 0.455. The zero-order valence-corrected chi connectivity index (χ0v) is 17.3. The van der Waals surface area contributed by atoms with Crippen LogP contribution in [0.2, 0.25) is 0 Å². The van der Waals surface area contributed by atoms with E-state index in [0.717, 1.165) is 24.8 Å². The van der Waals surface area contributed by atoms with Crippen LogP contribution in [0.1, 0.15) is 64.4 Å². The van der Waals surface area contributed by atoms with Crippen LogP contribution < -0.4 is 0 Å². The largest absolute Gasteiger partial charge is 0.376 e. The van der Waals surface area contributed by atoms with E-state index in [9.17, 15) is 4.79 Å². The number of carbonyl (C=O) groups excluding carboxylic acids is 1. The van der Waals surface area contributed by atoms with Gasteiger partial charge in [0.2, 0.25) is 5.89 Å². The number of carbonyl (C=O) groups is 1. The summed E-state index contributed by atoms with van der Waals surface area (Å²) >= 11 is 0. The van der Waals surface area contributed by atoms with Gasteiger partial charge in [-0.2, -0.15) is 4.98 Å². The van der Waals surface area contributed by atoms with E-state index in [1.807, 2.05) is 30.3 Å². The monoisotopic (exact) mass is 410 g/mol. The molecule has 8 heteroatoms. The molecule has 0 aliphatic carbocycles. The lowest BCUT2D eigenvalue weighted by Crippen LogP contribution is -2.39. The Hall–Kier alpha value is -3.00. The third kappa shape index (κ3) is 4.43. The first-order chi connectivity index (χ1) is 14.6. The third-order valence-corrected chi connectivity index (χ3v) is 5.36. The number of benzene rings is 1. The molecule has 1 fully saturated rings. The lowest BCUT2D eigenvalue weighted by molar-refractivity contribution is 0.0559. The maximum absolute atomic E-state index is 13.2. The molecule has 1 aliphatic heterocycles. The Balaban J connectivity index is 1.39. The molecular formula is C22H26N4O4. The Bertz CT molecular complexity index is 963. The minimum atomic E-state index is -0.230. The van der Waals surface area contributed by atoms with Crippen molar-refractivity contribution < 1.29 is 18.6 Å². The molecule has 1 atom stereocenters. The topological polar surface area (TPSA) is 94.5 Å². The molecule has 1 unspecified atom stereocenters. The van der Waals surface area contributed by atoms with Crippen molar-refractivity contribution in [1.29, 1.82) is 0 Å². The average Bonchev–Trinajstić information content (AvgIpc) is 3.38. The molecule has 1 aliphatic rings. The van der Waals surface area contributed by atoms with E-state index < -0.39 is 0 Å². The van der Waals surface area contributed by atoms with Gasteiger partial charge in [-0.3, -0.25) is 4.79 Å². The average molecular weight is 410 g/mol. The zero-order valence-electron chi connectivity index (χ0n) is 17.3. The maximum Gasteiger partial charge on any atom is 0.260 e. The van der Waals surface area contributed by atoms with Gasteiger partial charge >= 0.3 is 0 Å². The lowest BCUT2D eigenvalue weighted by atomic mass is 10.00. The number of likely N-dealkylation sites (tertiary alicyclic amines) is 1. The molecule has 0 bridgehead atoms. The minimum absolute atomic E-state index is 0.0955. The fourth-order valence-corrected chi connectivity index (χ4v) is 3.80. The molecule has 2 aromatic heterocycles. The molecule has 8 nitrogen and oxygen atoms in total. The second-order valence-electron chi connectivity index (χ2n) is 7.55. The number of amides is 1. The van der Waals surface area contributed by atoms with E-state index in [2.05, 4.69) is 15.3 Å². The number of hydrogen-bond donors (Lipinski definition) is 0. The molecule has 3 heterocycles. The minimum Gasteiger partial charge on any atom is -0.376 e. The van der Waals surface area contributed by atoms with Crippen molar-refractivity contribution in [3.05, 3.63) is 64.6 Å². The highest BCUT2D eigenvalue weighted by Crippen LogP contribution is 2.32. The van der Waals surface area contributed by atoms with E-state index >= 15 is 0 Å². The molecular weight excluding hydrogens is 384 g/mol. The first-order valence-corrected chi connectivity index (χ1v) is 10.3. The van der Waals surface area contributed by atoms with Gasteiger partial charge in [0.15, 0.2) is 5.82 Å². The summed E-state index contributed by atoms with van der Waals surface area (Å²) in [5.41, 5.74) is 2.25. The summed E-state index contributed by atoms with van der Waals surface area (Å²) < 4.78 is 16.4. The van der Waals surface area contributed by atoms with Crippen LogP contribution in [0, 0.1) is 13.8 Å². The van der Waals surface area contributed by atoms with Gasteiger partial charge in [-0.05, 0) is 38.7 Å². The number of piperidine rings is 1. The van der Waals surface area contributed by atoms with Gasteiger partial charge < -0.3 is 18.7 Å². The SMILES string of the molecule is Cc1noc(C)c1C(=O)N1CCCCC1c1nc(CCOCc2ccccc2)no1. The molecule has 1 amide bonds. The Morgan fingerprint density at radius 1 is 1.17 bits per heavy atom. The van der Waals surface area contributed by atoms with Crippen molar-refractivity contribution in [2.45, 2.75) is 52.2 Å². The van der Waals surface area contributed by atoms with Crippen molar-refractivity contribution in [2.24, 2.45) is 0 Å². The van der Waals surface area contributed by atoms with Crippen LogP contribution in [0.5, 0.6) is 0 Å². The van der Waals surface area contributed by atoms with Gasteiger partial charge in [-0.25, -0.2) is 0 Å². The van der Waals surface area contributed by atoms with Gasteiger partial charge in [0.1, 0.15) is 17.4 Å². The number of ether oxygens (including phenoxy) is 1. The highest BCUT2D eigenvalue weighted by Gasteiger charge is 2.34. The number of rotatable bonds is 7. The van der Waals surface area contributed by atoms with Crippen LogP contribution >= 0.6 is 0 Å². The molecule has 1 aromatic carbocycles. The molecule has 0 N–H and O–H groups in total. The number of nitrogens with zero attached hydrogens (tertiary/aromatic N) is 4. The van der Waals surface area contributed by atoms with Crippen molar-refractivity contribution in [3.8, 4) is 0 Å². The molecule has 0 radical (unpaired) electrons. The number of aromatic nitrogens is 3. The predicted octanol–water partition coefficient (Wildman–Crippen LogP) is 3.80.